The molecule has 7 nitrogen and oxygen atoms in total. The van der Waals surface area contributed by atoms with E-state index >= 15 is 0 Å². The molecule has 3 aromatic rings. The van der Waals surface area contributed by atoms with Gasteiger partial charge in [0.15, 0.2) is 5.17 Å². The number of carboxylic acids is 1. The van der Waals surface area contributed by atoms with Gasteiger partial charge in [-0.3, -0.25) is 19.5 Å². The number of carbonyl (C=O) groups excluding carboxylic acids is 2. The zero-order valence-corrected chi connectivity index (χ0v) is 20.5. The molecular formula is C28H27N3O4S. The number of amidine groups is 1. The predicted molar refractivity (Wildman–Crippen MR) is 142 cm³/mol. The number of aromatic carboxylic acids is 1. The number of aliphatic imine (C=N–C) groups is 1. The Morgan fingerprint density at radius 1 is 0.917 bits per heavy atom. The van der Waals surface area contributed by atoms with E-state index in [0.717, 1.165) is 17.5 Å². The zero-order valence-electron chi connectivity index (χ0n) is 19.7. The van der Waals surface area contributed by atoms with Gasteiger partial charge in [-0.25, -0.2) is 4.79 Å². The summed E-state index contributed by atoms with van der Waals surface area (Å²) in [6.07, 6.45) is 1.49. The van der Waals surface area contributed by atoms with E-state index in [0.29, 0.717) is 30.4 Å². The fourth-order valence-corrected chi connectivity index (χ4v) is 4.96. The van der Waals surface area contributed by atoms with Crippen molar-refractivity contribution in [2.75, 3.05) is 18.4 Å². The Morgan fingerprint density at radius 3 is 2.14 bits per heavy atom. The first-order valence-electron chi connectivity index (χ1n) is 11.7. The number of benzene rings is 3. The van der Waals surface area contributed by atoms with Crippen LogP contribution in [-0.4, -0.2) is 51.3 Å². The molecule has 0 radical (unpaired) electrons. The molecule has 2 amide bonds. The lowest BCUT2D eigenvalue weighted by molar-refractivity contribution is -0.129. The van der Waals surface area contributed by atoms with E-state index in [1.807, 2.05) is 60.7 Å². The van der Waals surface area contributed by atoms with E-state index < -0.39 is 11.2 Å². The highest BCUT2D eigenvalue weighted by molar-refractivity contribution is 8.15. The van der Waals surface area contributed by atoms with Crippen LogP contribution in [0.2, 0.25) is 0 Å². The Morgan fingerprint density at radius 2 is 1.53 bits per heavy atom. The van der Waals surface area contributed by atoms with Crippen LogP contribution in [0.5, 0.6) is 0 Å². The second-order valence-electron chi connectivity index (χ2n) is 8.36. The molecule has 2 N–H and O–H groups in total. The van der Waals surface area contributed by atoms with Crippen LogP contribution in [-0.2, 0) is 22.4 Å². The minimum absolute atomic E-state index is 0.0657. The van der Waals surface area contributed by atoms with Crippen molar-refractivity contribution in [3.8, 4) is 0 Å². The van der Waals surface area contributed by atoms with E-state index in [1.54, 1.807) is 4.90 Å². The average molecular weight is 502 g/mol. The van der Waals surface area contributed by atoms with Crippen molar-refractivity contribution in [1.29, 1.82) is 0 Å². The molecule has 4 rings (SSSR count). The van der Waals surface area contributed by atoms with Gasteiger partial charge in [-0.15, -0.1) is 0 Å². The Balaban J connectivity index is 1.46. The summed E-state index contributed by atoms with van der Waals surface area (Å²) in [7, 11) is 0. The van der Waals surface area contributed by atoms with Crippen molar-refractivity contribution in [2.45, 2.75) is 24.5 Å². The molecule has 184 valence electrons. The zero-order chi connectivity index (χ0) is 25.3. The van der Waals surface area contributed by atoms with Gasteiger partial charge in [0.25, 0.3) is 0 Å². The van der Waals surface area contributed by atoms with E-state index in [2.05, 4.69) is 5.32 Å². The summed E-state index contributed by atoms with van der Waals surface area (Å²) >= 11 is 1.30. The van der Waals surface area contributed by atoms with Crippen molar-refractivity contribution >= 4 is 40.4 Å². The van der Waals surface area contributed by atoms with Gasteiger partial charge in [-0.2, -0.15) is 0 Å². The van der Waals surface area contributed by atoms with Crippen molar-refractivity contribution in [2.24, 2.45) is 4.99 Å². The van der Waals surface area contributed by atoms with Crippen LogP contribution >= 0.6 is 11.8 Å². The summed E-state index contributed by atoms with van der Waals surface area (Å²) in [5.74, 6) is -1.48. The minimum Gasteiger partial charge on any atom is -0.478 e. The van der Waals surface area contributed by atoms with E-state index in [-0.39, 0.29) is 23.8 Å². The number of rotatable bonds is 9. The number of carboxylic acid groups (broad SMARTS) is 1. The smallest absolute Gasteiger partial charge is 0.335 e. The third kappa shape index (κ3) is 6.82. The van der Waals surface area contributed by atoms with Crippen molar-refractivity contribution in [3.05, 3.63) is 102 Å². The molecular weight excluding hydrogens is 474 g/mol. The highest BCUT2D eigenvalue weighted by Gasteiger charge is 2.35. The second-order valence-corrected chi connectivity index (χ2v) is 9.53. The molecule has 1 aliphatic heterocycles. The molecule has 36 heavy (non-hydrogen) atoms. The van der Waals surface area contributed by atoms with Gasteiger partial charge in [0.1, 0.15) is 5.25 Å². The molecule has 8 heteroatoms. The monoisotopic (exact) mass is 501 g/mol. The first-order valence-corrected chi connectivity index (χ1v) is 12.6. The van der Waals surface area contributed by atoms with Gasteiger partial charge in [0.2, 0.25) is 11.8 Å². The van der Waals surface area contributed by atoms with Crippen LogP contribution < -0.4 is 5.32 Å². The Bertz CT molecular complexity index is 1230. The number of amides is 2. The summed E-state index contributed by atoms with van der Waals surface area (Å²) in [5, 5.41) is 11.8. The number of nitrogens with zero attached hydrogens (tertiary/aromatic N) is 2. The maximum Gasteiger partial charge on any atom is 0.335 e. The lowest BCUT2D eigenvalue weighted by atomic mass is 10.1. The van der Waals surface area contributed by atoms with Crippen molar-refractivity contribution < 1.29 is 19.5 Å². The molecule has 1 unspecified atom stereocenters. The second kappa shape index (κ2) is 12.2. The Hall–Kier alpha value is -3.91. The fourth-order valence-electron chi connectivity index (χ4n) is 3.83. The van der Waals surface area contributed by atoms with Crippen LogP contribution in [0.1, 0.15) is 27.9 Å². The Kier molecular flexibility index (Phi) is 8.52. The van der Waals surface area contributed by atoms with E-state index in [1.165, 1.54) is 36.0 Å². The number of carbonyl (C=O) groups is 3. The van der Waals surface area contributed by atoms with Crippen LogP contribution in [0.3, 0.4) is 0 Å². The van der Waals surface area contributed by atoms with Crippen LogP contribution in [0.4, 0.5) is 5.69 Å². The number of hydrogen-bond acceptors (Lipinski definition) is 5. The molecule has 1 aliphatic rings. The van der Waals surface area contributed by atoms with E-state index in [4.69, 9.17) is 10.1 Å². The Labute approximate surface area is 214 Å². The summed E-state index contributed by atoms with van der Waals surface area (Å²) in [6, 6.07) is 25.9. The SMILES string of the molecule is O=C(O)c1ccc(NC(=O)C2CC(=O)N(CCc3ccccc3)C(=NCCc3ccccc3)S2)cc1. The van der Waals surface area contributed by atoms with Gasteiger partial charge in [0.05, 0.1) is 5.56 Å². The fraction of sp³-hybridized carbons (Fsp3) is 0.214. The summed E-state index contributed by atoms with van der Waals surface area (Å²) in [5.41, 5.74) is 2.90. The molecule has 1 heterocycles. The quantitative estimate of drug-likeness (QED) is 0.450. The maximum atomic E-state index is 13.1. The molecule has 0 aliphatic carbocycles. The molecule has 1 saturated heterocycles. The topological polar surface area (TPSA) is 99.1 Å². The van der Waals surface area contributed by atoms with Crippen LogP contribution in [0, 0.1) is 0 Å². The first kappa shape index (κ1) is 25.2. The number of thioether (sulfide) groups is 1. The highest BCUT2D eigenvalue weighted by atomic mass is 32.2. The molecule has 1 atom stereocenters. The standard InChI is InChI=1S/C28H27N3O4S/c32-25-19-24(26(33)30-23-13-11-22(12-14-23)27(34)35)36-28(29-17-15-20-7-3-1-4-8-20)31(25)18-16-21-9-5-2-6-10-21/h1-14,24H,15-19H2,(H,30,33)(H,34,35). The number of nitrogens with one attached hydrogen (secondary N) is 1. The van der Waals surface area contributed by atoms with Gasteiger partial charge in [-0.1, -0.05) is 72.4 Å². The molecule has 0 saturated carbocycles. The third-order valence-electron chi connectivity index (χ3n) is 5.79. The summed E-state index contributed by atoms with van der Waals surface area (Å²) in [4.78, 5) is 43.6. The van der Waals surface area contributed by atoms with Crippen molar-refractivity contribution in [1.82, 2.24) is 4.90 Å². The van der Waals surface area contributed by atoms with Crippen LogP contribution in [0.25, 0.3) is 0 Å². The summed E-state index contributed by atoms with van der Waals surface area (Å²) < 4.78 is 0. The van der Waals surface area contributed by atoms with Gasteiger partial charge in [0, 0.05) is 25.2 Å². The summed E-state index contributed by atoms with van der Waals surface area (Å²) in [6.45, 7) is 0.997. The third-order valence-corrected chi connectivity index (χ3v) is 7.01. The average Bonchev–Trinajstić information content (AvgIpc) is 2.89. The largest absolute Gasteiger partial charge is 0.478 e. The lowest BCUT2D eigenvalue weighted by Crippen LogP contribution is -2.46. The molecule has 0 spiro atoms. The van der Waals surface area contributed by atoms with Crippen LogP contribution in [0.15, 0.2) is 89.9 Å². The van der Waals surface area contributed by atoms with Gasteiger partial charge in [-0.05, 0) is 48.2 Å². The normalized spacial score (nSPS) is 16.7. The van der Waals surface area contributed by atoms with Crippen molar-refractivity contribution in [3.63, 3.8) is 0 Å². The highest BCUT2D eigenvalue weighted by Crippen LogP contribution is 2.28. The maximum absolute atomic E-state index is 13.1. The molecule has 0 aromatic heterocycles. The van der Waals surface area contributed by atoms with Gasteiger partial charge < -0.3 is 10.4 Å². The lowest BCUT2D eigenvalue weighted by Gasteiger charge is -2.32. The molecule has 0 bridgehead atoms. The first-order chi connectivity index (χ1) is 17.5. The minimum atomic E-state index is -1.03. The molecule has 3 aromatic carbocycles. The van der Waals surface area contributed by atoms with E-state index in [9.17, 15) is 14.4 Å². The van der Waals surface area contributed by atoms with Gasteiger partial charge >= 0.3 is 5.97 Å². The predicted octanol–water partition coefficient (Wildman–Crippen LogP) is 4.50. The number of hydrogen-bond donors (Lipinski definition) is 2. The molecule has 1 fully saturated rings. The number of anilines is 1.